The first kappa shape index (κ1) is 13.5. The van der Waals surface area contributed by atoms with Crippen LogP contribution in [0.5, 0.6) is 0 Å². The predicted octanol–water partition coefficient (Wildman–Crippen LogP) is 2.64. The number of fused-ring (bicyclic) bond motifs is 4. The standard InChI is InChI=1S/C19H24O3/c1-18-7-6-13(20)8-11(18)2-4-14-15-5-3-12-10-22-19(12,15)9-16(21)17(14)18/h6-8,12,14-17,21H,2-5,9-10H2,1H3. The lowest BCUT2D eigenvalue weighted by Gasteiger charge is -2.62. The molecule has 0 radical (unpaired) electrons. The molecule has 0 aromatic heterocycles. The van der Waals surface area contributed by atoms with Crippen molar-refractivity contribution in [2.24, 2.45) is 29.1 Å². The van der Waals surface area contributed by atoms with Crippen LogP contribution >= 0.6 is 0 Å². The Balaban J connectivity index is 1.57. The molecule has 0 aromatic carbocycles. The van der Waals surface area contributed by atoms with E-state index in [0.29, 0.717) is 17.8 Å². The van der Waals surface area contributed by atoms with Gasteiger partial charge in [-0.05, 0) is 49.7 Å². The van der Waals surface area contributed by atoms with E-state index in [2.05, 4.69) is 13.0 Å². The molecular formula is C19H24O3. The van der Waals surface area contributed by atoms with Gasteiger partial charge in [-0.3, -0.25) is 4.79 Å². The second kappa shape index (κ2) is 4.12. The first-order valence-corrected chi connectivity index (χ1v) is 8.81. The zero-order valence-corrected chi connectivity index (χ0v) is 13.1. The van der Waals surface area contributed by atoms with Crippen molar-refractivity contribution in [3.05, 3.63) is 23.8 Å². The highest BCUT2D eigenvalue weighted by Gasteiger charge is 2.67. The molecule has 0 amide bonds. The number of rotatable bonds is 0. The summed E-state index contributed by atoms with van der Waals surface area (Å²) in [5.74, 6) is 2.19. The van der Waals surface area contributed by atoms with E-state index in [0.717, 1.165) is 25.9 Å². The predicted molar refractivity (Wildman–Crippen MR) is 82.1 cm³/mol. The molecule has 4 aliphatic carbocycles. The molecule has 22 heavy (non-hydrogen) atoms. The molecule has 118 valence electrons. The van der Waals surface area contributed by atoms with Gasteiger partial charge in [-0.2, -0.15) is 0 Å². The maximum atomic E-state index is 11.7. The zero-order chi connectivity index (χ0) is 15.1. The molecule has 3 heteroatoms. The Morgan fingerprint density at radius 1 is 1.32 bits per heavy atom. The third-order valence-electron chi connectivity index (χ3n) is 7.66. The maximum absolute atomic E-state index is 11.7. The van der Waals surface area contributed by atoms with Crippen LogP contribution in [0.2, 0.25) is 0 Å². The monoisotopic (exact) mass is 300 g/mol. The molecule has 3 nitrogen and oxygen atoms in total. The SMILES string of the molecule is CC12C=CC(=O)C=C1CCC1C2C(O)CC23OCC2CCC13. The van der Waals surface area contributed by atoms with Crippen LogP contribution in [0.3, 0.4) is 0 Å². The summed E-state index contributed by atoms with van der Waals surface area (Å²) in [5, 5.41) is 11.0. The van der Waals surface area contributed by atoms with E-state index >= 15 is 0 Å². The van der Waals surface area contributed by atoms with Crippen molar-refractivity contribution >= 4 is 5.78 Å². The van der Waals surface area contributed by atoms with Crippen molar-refractivity contribution in [3.8, 4) is 0 Å². The van der Waals surface area contributed by atoms with E-state index in [9.17, 15) is 9.90 Å². The molecule has 1 aliphatic heterocycles. The summed E-state index contributed by atoms with van der Waals surface area (Å²) in [7, 11) is 0. The van der Waals surface area contributed by atoms with Gasteiger partial charge in [-0.15, -0.1) is 0 Å². The topological polar surface area (TPSA) is 46.5 Å². The second-order valence-corrected chi connectivity index (χ2v) is 8.33. The van der Waals surface area contributed by atoms with Crippen molar-refractivity contribution in [2.45, 2.75) is 50.7 Å². The van der Waals surface area contributed by atoms with Gasteiger partial charge in [0.25, 0.3) is 0 Å². The van der Waals surface area contributed by atoms with Crippen LogP contribution in [-0.4, -0.2) is 29.2 Å². The maximum Gasteiger partial charge on any atom is 0.178 e. The molecule has 1 N–H and O–H groups in total. The van der Waals surface area contributed by atoms with E-state index in [1.54, 1.807) is 6.08 Å². The summed E-state index contributed by atoms with van der Waals surface area (Å²) >= 11 is 0. The summed E-state index contributed by atoms with van der Waals surface area (Å²) in [4.78, 5) is 11.7. The minimum absolute atomic E-state index is 0.00758. The van der Waals surface area contributed by atoms with Crippen LogP contribution in [0, 0.1) is 29.1 Å². The normalized spacial score (nSPS) is 55.5. The summed E-state index contributed by atoms with van der Waals surface area (Å²) in [6.45, 7) is 3.13. The van der Waals surface area contributed by atoms with Crippen LogP contribution < -0.4 is 0 Å². The van der Waals surface area contributed by atoms with Crippen molar-refractivity contribution in [1.29, 1.82) is 0 Å². The summed E-state index contributed by atoms with van der Waals surface area (Å²) < 4.78 is 6.10. The number of ketones is 1. The van der Waals surface area contributed by atoms with E-state index < -0.39 is 0 Å². The van der Waals surface area contributed by atoms with Crippen LogP contribution in [-0.2, 0) is 9.53 Å². The molecule has 0 bridgehead atoms. The van der Waals surface area contributed by atoms with Gasteiger partial charge in [-0.25, -0.2) is 0 Å². The first-order valence-electron chi connectivity index (χ1n) is 8.81. The molecule has 0 aromatic rings. The van der Waals surface area contributed by atoms with Crippen LogP contribution in [0.4, 0.5) is 0 Å². The van der Waals surface area contributed by atoms with Crippen molar-refractivity contribution < 1.29 is 14.6 Å². The van der Waals surface area contributed by atoms with Crippen LogP contribution in [0.15, 0.2) is 23.8 Å². The highest BCUT2D eigenvalue weighted by atomic mass is 16.5. The van der Waals surface area contributed by atoms with Gasteiger partial charge >= 0.3 is 0 Å². The zero-order valence-electron chi connectivity index (χ0n) is 13.1. The minimum Gasteiger partial charge on any atom is -0.393 e. The Labute approximate surface area is 131 Å². The highest BCUT2D eigenvalue weighted by molar-refractivity contribution is 6.01. The summed E-state index contributed by atoms with van der Waals surface area (Å²) in [6, 6.07) is 0. The second-order valence-electron chi connectivity index (χ2n) is 8.33. The summed E-state index contributed by atoms with van der Waals surface area (Å²) in [5.41, 5.74) is 1.09. The van der Waals surface area contributed by atoms with Gasteiger partial charge in [0.2, 0.25) is 0 Å². The Bertz CT molecular complexity index is 606. The van der Waals surface area contributed by atoms with Gasteiger partial charge in [0.05, 0.1) is 18.3 Å². The van der Waals surface area contributed by atoms with Crippen LogP contribution in [0.1, 0.15) is 39.0 Å². The van der Waals surface area contributed by atoms with Gasteiger partial charge in [-0.1, -0.05) is 18.6 Å². The smallest absolute Gasteiger partial charge is 0.178 e. The molecule has 1 saturated heterocycles. The fraction of sp³-hybridized carbons (Fsp3) is 0.737. The van der Waals surface area contributed by atoms with E-state index in [-0.39, 0.29) is 28.8 Å². The molecule has 5 rings (SSSR count). The van der Waals surface area contributed by atoms with Gasteiger partial charge in [0.15, 0.2) is 5.78 Å². The molecule has 7 atom stereocenters. The lowest BCUT2D eigenvalue weighted by atomic mass is 9.48. The first-order chi connectivity index (χ1) is 10.5. The average Bonchev–Trinajstić information content (AvgIpc) is 2.72. The van der Waals surface area contributed by atoms with E-state index in [4.69, 9.17) is 4.74 Å². The quantitative estimate of drug-likeness (QED) is 0.748. The fourth-order valence-electron chi connectivity index (χ4n) is 6.67. The molecule has 4 fully saturated rings. The molecule has 1 spiro atoms. The van der Waals surface area contributed by atoms with Crippen LogP contribution in [0.25, 0.3) is 0 Å². The number of carbonyl (C=O) groups is 1. The van der Waals surface area contributed by atoms with Crippen molar-refractivity contribution in [1.82, 2.24) is 0 Å². The Morgan fingerprint density at radius 2 is 2.18 bits per heavy atom. The average molecular weight is 300 g/mol. The Kier molecular flexibility index (Phi) is 2.53. The minimum atomic E-state index is -0.311. The van der Waals surface area contributed by atoms with Gasteiger partial charge in [0, 0.05) is 23.7 Å². The fourth-order valence-corrected chi connectivity index (χ4v) is 6.67. The number of hydrogen-bond acceptors (Lipinski definition) is 3. The number of aliphatic hydroxyl groups excluding tert-OH is 1. The Hall–Kier alpha value is -0.930. The molecular weight excluding hydrogens is 276 g/mol. The largest absolute Gasteiger partial charge is 0.393 e. The van der Waals surface area contributed by atoms with E-state index in [1.807, 2.05) is 6.08 Å². The molecule has 5 aliphatic rings. The Morgan fingerprint density at radius 3 is 2.95 bits per heavy atom. The van der Waals surface area contributed by atoms with Crippen molar-refractivity contribution in [3.63, 3.8) is 0 Å². The third kappa shape index (κ3) is 1.43. The number of carbonyl (C=O) groups excluding carboxylic acids is 1. The molecule has 1 heterocycles. The molecule has 3 saturated carbocycles. The number of allylic oxidation sites excluding steroid dienone is 4. The lowest BCUT2D eigenvalue weighted by molar-refractivity contribution is -0.264. The third-order valence-corrected chi connectivity index (χ3v) is 7.66. The molecule has 7 unspecified atom stereocenters. The lowest BCUT2D eigenvalue weighted by Crippen LogP contribution is -2.65. The number of ether oxygens (including phenoxy) is 1. The van der Waals surface area contributed by atoms with E-state index in [1.165, 1.54) is 18.4 Å². The van der Waals surface area contributed by atoms with Gasteiger partial charge < -0.3 is 9.84 Å². The van der Waals surface area contributed by atoms with Gasteiger partial charge in [0.1, 0.15) is 0 Å². The number of aliphatic hydroxyl groups is 1. The highest BCUT2D eigenvalue weighted by Crippen LogP contribution is 2.66. The number of hydrogen-bond donors (Lipinski definition) is 1. The van der Waals surface area contributed by atoms with Crippen molar-refractivity contribution in [2.75, 3.05) is 6.61 Å². The summed E-state index contributed by atoms with van der Waals surface area (Å²) in [6.07, 6.45) is 10.7.